The van der Waals surface area contributed by atoms with Gasteiger partial charge >= 0.3 is 6.03 Å². The van der Waals surface area contributed by atoms with Crippen LogP contribution in [0.15, 0.2) is 28.8 Å². The minimum Gasteiger partial charge on any atom is -0.361 e. The zero-order valence-corrected chi connectivity index (χ0v) is 14.3. The molecule has 0 spiro atoms. The monoisotopic (exact) mass is 341 g/mol. The normalized spacial score (nSPS) is 10.7. The third-order valence-corrected chi connectivity index (χ3v) is 3.84. The number of tetrazole rings is 1. The van der Waals surface area contributed by atoms with Crippen LogP contribution >= 0.6 is 0 Å². The Hall–Kier alpha value is -3.23. The molecule has 0 bridgehead atoms. The second kappa shape index (κ2) is 7.12. The summed E-state index contributed by atoms with van der Waals surface area (Å²) in [7, 11) is 0. The number of nitrogens with one attached hydrogen (secondary N) is 2. The molecule has 2 amide bonds. The van der Waals surface area contributed by atoms with E-state index in [1.165, 1.54) is 0 Å². The van der Waals surface area contributed by atoms with E-state index in [-0.39, 0.29) is 6.03 Å². The van der Waals surface area contributed by atoms with Crippen molar-refractivity contribution < 1.29 is 9.32 Å². The predicted molar refractivity (Wildman–Crippen MR) is 90.4 cm³/mol. The first-order valence-corrected chi connectivity index (χ1v) is 7.93. The standard InChI is InChI=1S/C16H19N7O2/c1-4-15-19-21-22-23(15)14-8-6-5-7-13(14)18-16(24)17-9-12-10(2)20-25-11(12)3/h5-8H,4,9H2,1-3H3,(H2,17,18,24). The van der Waals surface area contributed by atoms with Gasteiger partial charge in [-0.2, -0.15) is 4.68 Å². The van der Waals surface area contributed by atoms with Crippen LogP contribution in [0.4, 0.5) is 10.5 Å². The zero-order valence-electron chi connectivity index (χ0n) is 14.3. The second-order valence-electron chi connectivity index (χ2n) is 5.49. The van der Waals surface area contributed by atoms with Crippen molar-refractivity contribution in [1.29, 1.82) is 0 Å². The van der Waals surface area contributed by atoms with Gasteiger partial charge in [0, 0.05) is 18.5 Å². The van der Waals surface area contributed by atoms with Crippen molar-refractivity contribution in [3.8, 4) is 5.69 Å². The van der Waals surface area contributed by atoms with Gasteiger partial charge in [-0.25, -0.2) is 4.79 Å². The molecule has 0 aliphatic carbocycles. The fraction of sp³-hybridized carbons (Fsp3) is 0.312. The summed E-state index contributed by atoms with van der Waals surface area (Å²) >= 11 is 0. The van der Waals surface area contributed by atoms with E-state index < -0.39 is 0 Å². The molecule has 3 rings (SSSR count). The molecule has 3 aromatic rings. The van der Waals surface area contributed by atoms with Crippen LogP contribution in [0.25, 0.3) is 5.69 Å². The minimum absolute atomic E-state index is 0.334. The molecule has 0 unspecified atom stereocenters. The molecule has 9 heteroatoms. The molecular weight excluding hydrogens is 322 g/mol. The fourth-order valence-corrected chi connectivity index (χ4v) is 2.47. The molecule has 2 aromatic heterocycles. The summed E-state index contributed by atoms with van der Waals surface area (Å²) < 4.78 is 6.71. The maximum absolute atomic E-state index is 12.3. The van der Waals surface area contributed by atoms with Gasteiger partial charge in [0.05, 0.1) is 17.1 Å². The van der Waals surface area contributed by atoms with Crippen LogP contribution in [0.3, 0.4) is 0 Å². The molecule has 0 fully saturated rings. The van der Waals surface area contributed by atoms with Gasteiger partial charge in [0.15, 0.2) is 5.82 Å². The summed E-state index contributed by atoms with van der Waals surface area (Å²) in [6, 6.07) is 7.01. The van der Waals surface area contributed by atoms with Crippen molar-refractivity contribution in [1.82, 2.24) is 30.7 Å². The molecule has 0 aliphatic heterocycles. The Morgan fingerprint density at radius 2 is 2.08 bits per heavy atom. The van der Waals surface area contributed by atoms with Gasteiger partial charge in [-0.15, -0.1) is 5.10 Å². The van der Waals surface area contributed by atoms with E-state index in [4.69, 9.17) is 4.52 Å². The lowest BCUT2D eigenvalue weighted by atomic mass is 10.2. The number of para-hydroxylation sites is 2. The third-order valence-electron chi connectivity index (χ3n) is 3.84. The molecule has 0 radical (unpaired) electrons. The lowest BCUT2D eigenvalue weighted by Gasteiger charge is -2.12. The topological polar surface area (TPSA) is 111 Å². The SMILES string of the molecule is CCc1nnnn1-c1ccccc1NC(=O)NCc1c(C)noc1C. The Balaban J connectivity index is 1.74. The van der Waals surface area contributed by atoms with Gasteiger partial charge in [-0.1, -0.05) is 24.2 Å². The Morgan fingerprint density at radius 3 is 2.80 bits per heavy atom. The van der Waals surface area contributed by atoms with Crippen LogP contribution in [0.2, 0.25) is 0 Å². The number of benzene rings is 1. The first-order valence-electron chi connectivity index (χ1n) is 7.93. The van der Waals surface area contributed by atoms with E-state index in [1.807, 2.05) is 39.0 Å². The predicted octanol–water partition coefficient (Wildman–Crippen LogP) is 2.15. The van der Waals surface area contributed by atoms with Gasteiger partial charge < -0.3 is 15.2 Å². The molecule has 130 valence electrons. The molecule has 0 aliphatic rings. The number of aryl methyl sites for hydroxylation is 3. The number of rotatable bonds is 5. The van der Waals surface area contributed by atoms with Crippen LogP contribution in [-0.4, -0.2) is 31.4 Å². The maximum atomic E-state index is 12.3. The average molecular weight is 341 g/mol. The zero-order chi connectivity index (χ0) is 17.8. The summed E-state index contributed by atoms with van der Waals surface area (Å²) in [6.45, 7) is 5.95. The Morgan fingerprint density at radius 1 is 1.28 bits per heavy atom. The van der Waals surface area contributed by atoms with Gasteiger partial charge in [-0.3, -0.25) is 0 Å². The third kappa shape index (κ3) is 3.49. The number of hydrogen-bond acceptors (Lipinski definition) is 6. The van der Waals surface area contributed by atoms with Crippen LogP contribution < -0.4 is 10.6 Å². The van der Waals surface area contributed by atoms with E-state index in [2.05, 4.69) is 31.3 Å². The lowest BCUT2D eigenvalue weighted by Crippen LogP contribution is -2.29. The van der Waals surface area contributed by atoms with Crippen molar-refractivity contribution in [3.05, 3.63) is 47.1 Å². The highest BCUT2D eigenvalue weighted by atomic mass is 16.5. The van der Waals surface area contributed by atoms with Crippen molar-refractivity contribution in [3.63, 3.8) is 0 Å². The van der Waals surface area contributed by atoms with Crippen molar-refractivity contribution in [2.45, 2.75) is 33.7 Å². The summed E-state index contributed by atoms with van der Waals surface area (Å²) in [5, 5.41) is 21.2. The molecule has 9 nitrogen and oxygen atoms in total. The van der Waals surface area contributed by atoms with Crippen molar-refractivity contribution in [2.75, 3.05) is 5.32 Å². The quantitative estimate of drug-likeness (QED) is 0.735. The van der Waals surface area contributed by atoms with E-state index in [0.29, 0.717) is 35.9 Å². The smallest absolute Gasteiger partial charge is 0.319 e. The van der Waals surface area contributed by atoms with Crippen molar-refractivity contribution in [2.24, 2.45) is 0 Å². The number of carbonyl (C=O) groups excluding carboxylic acids is 1. The highest BCUT2D eigenvalue weighted by Crippen LogP contribution is 2.20. The van der Waals surface area contributed by atoms with Gasteiger partial charge in [0.25, 0.3) is 0 Å². The Bertz CT molecular complexity index is 865. The molecule has 2 heterocycles. The first kappa shape index (κ1) is 16.6. The summed E-state index contributed by atoms with van der Waals surface area (Å²) in [5.41, 5.74) is 2.95. The number of carbonyl (C=O) groups is 1. The van der Waals surface area contributed by atoms with Gasteiger partial charge in [0.2, 0.25) is 0 Å². The minimum atomic E-state index is -0.335. The molecule has 2 N–H and O–H groups in total. The van der Waals surface area contributed by atoms with E-state index in [0.717, 1.165) is 11.3 Å². The van der Waals surface area contributed by atoms with Crippen LogP contribution in [0, 0.1) is 13.8 Å². The molecular formula is C16H19N7O2. The number of hydrogen-bond donors (Lipinski definition) is 2. The first-order chi connectivity index (χ1) is 12.1. The van der Waals surface area contributed by atoms with E-state index >= 15 is 0 Å². The molecule has 0 atom stereocenters. The van der Waals surface area contributed by atoms with Crippen LogP contribution in [0.1, 0.15) is 29.8 Å². The van der Waals surface area contributed by atoms with Crippen LogP contribution in [-0.2, 0) is 13.0 Å². The molecule has 0 saturated carbocycles. The fourth-order valence-electron chi connectivity index (χ4n) is 2.47. The Labute approximate surface area is 144 Å². The number of amides is 2. The number of anilines is 1. The number of aromatic nitrogens is 5. The maximum Gasteiger partial charge on any atom is 0.319 e. The van der Waals surface area contributed by atoms with Crippen molar-refractivity contribution >= 4 is 11.7 Å². The van der Waals surface area contributed by atoms with E-state index in [9.17, 15) is 4.79 Å². The lowest BCUT2D eigenvalue weighted by molar-refractivity contribution is 0.251. The molecule has 25 heavy (non-hydrogen) atoms. The Kier molecular flexibility index (Phi) is 4.73. The number of nitrogens with zero attached hydrogens (tertiary/aromatic N) is 5. The van der Waals surface area contributed by atoms with Crippen LogP contribution in [0.5, 0.6) is 0 Å². The summed E-state index contributed by atoms with van der Waals surface area (Å²) in [4.78, 5) is 12.3. The van der Waals surface area contributed by atoms with E-state index in [1.54, 1.807) is 10.7 Å². The second-order valence-corrected chi connectivity index (χ2v) is 5.49. The van der Waals surface area contributed by atoms with Gasteiger partial charge in [-0.05, 0) is 36.4 Å². The van der Waals surface area contributed by atoms with Gasteiger partial charge in [0.1, 0.15) is 5.76 Å². The molecule has 0 saturated heterocycles. The number of urea groups is 1. The highest BCUT2D eigenvalue weighted by molar-refractivity contribution is 5.91. The summed E-state index contributed by atoms with van der Waals surface area (Å²) in [6.07, 6.45) is 0.680. The average Bonchev–Trinajstić information content (AvgIpc) is 3.20. The molecule has 1 aromatic carbocycles. The largest absolute Gasteiger partial charge is 0.361 e. The highest BCUT2D eigenvalue weighted by Gasteiger charge is 2.14. The summed E-state index contributed by atoms with van der Waals surface area (Å²) in [5.74, 6) is 1.41.